The van der Waals surface area contributed by atoms with Crippen molar-refractivity contribution in [3.05, 3.63) is 0 Å². The van der Waals surface area contributed by atoms with Crippen molar-refractivity contribution in [2.75, 3.05) is 13.2 Å². The molecule has 2 aliphatic rings. The molecule has 2 N–H and O–H groups in total. The Morgan fingerprint density at radius 1 is 1.46 bits per heavy atom. The molecule has 0 aromatic rings. The van der Waals surface area contributed by atoms with Crippen LogP contribution in [0.15, 0.2) is 0 Å². The second kappa shape index (κ2) is 2.94. The van der Waals surface area contributed by atoms with E-state index >= 15 is 0 Å². The number of hydrogen-bond acceptors (Lipinski definition) is 3. The van der Waals surface area contributed by atoms with Crippen LogP contribution < -0.4 is 5.73 Å². The molecule has 0 radical (unpaired) electrons. The first-order chi connectivity index (χ1) is 6.05. The molecule has 0 bridgehead atoms. The second-order valence-corrected chi connectivity index (χ2v) is 4.92. The molecule has 1 spiro atoms. The van der Waals surface area contributed by atoms with Gasteiger partial charge in [-0.05, 0) is 26.7 Å². The van der Waals surface area contributed by atoms with Crippen molar-refractivity contribution in [3.8, 4) is 0 Å². The van der Waals surface area contributed by atoms with Gasteiger partial charge in [0.05, 0.1) is 23.9 Å². The van der Waals surface area contributed by atoms with E-state index in [0.29, 0.717) is 6.54 Å². The second-order valence-electron chi connectivity index (χ2n) is 4.92. The van der Waals surface area contributed by atoms with Gasteiger partial charge in [-0.3, -0.25) is 0 Å². The number of hydrogen-bond donors (Lipinski definition) is 1. The lowest BCUT2D eigenvalue weighted by atomic mass is 9.91. The van der Waals surface area contributed by atoms with Crippen LogP contribution in [0.5, 0.6) is 0 Å². The van der Waals surface area contributed by atoms with Crippen LogP contribution >= 0.6 is 0 Å². The summed E-state index contributed by atoms with van der Waals surface area (Å²) in [5.74, 6) is 0. The Balaban J connectivity index is 2.01. The topological polar surface area (TPSA) is 44.5 Å². The van der Waals surface area contributed by atoms with Crippen LogP contribution in [0, 0.1) is 0 Å². The maximum Gasteiger partial charge on any atom is 0.0947 e. The lowest BCUT2D eigenvalue weighted by molar-refractivity contribution is -0.0433. The molecule has 0 amide bonds. The quantitative estimate of drug-likeness (QED) is 0.664. The van der Waals surface area contributed by atoms with E-state index < -0.39 is 0 Å². The summed E-state index contributed by atoms with van der Waals surface area (Å²) in [6.07, 6.45) is 3.47. The average Bonchev–Trinajstić information content (AvgIpc) is 2.57. The van der Waals surface area contributed by atoms with Gasteiger partial charge >= 0.3 is 0 Å². The van der Waals surface area contributed by atoms with Crippen LogP contribution in [0.4, 0.5) is 0 Å². The van der Waals surface area contributed by atoms with Crippen LogP contribution in [-0.2, 0) is 9.47 Å². The van der Waals surface area contributed by atoms with E-state index in [1.54, 1.807) is 0 Å². The highest BCUT2D eigenvalue weighted by molar-refractivity contribution is 4.98. The zero-order chi connectivity index (χ0) is 9.53. The standard InChI is InChI=1S/C10H19NO2/c1-9(2)6-10(7-12-9)4-3-8(5-11)13-10/h8H,3-7,11H2,1-2H3/t8-,10+/m0/s1. The molecule has 2 aliphatic heterocycles. The Labute approximate surface area is 79.6 Å². The zero-order valence-corrected chi connectivity index (χ0v) is 8.51. The highest BCUT2D eigenvalue weighted by Crippen LogP contribution is 2.43. The van der Waals surface area contributed by atoms with Crippen molar-refractivity contribution in [2.24, 2.45) is 5.73 Å². The van der Waals surface area contributed by atoms with Crippen LogP contribution in [0.3, 0.4) is 0 Å². The van der Waals surface area contributed by atoms with E-state index in [0.717, 1.165) is 25.9 Å². The summed E-state index contributed by atoms with van der Waals surface area (Å²) >= 11 is 0. The van der Waals surface area contributed by atoms with Crippen molar-refractivity contribution in [1.82, 2.24) is 0 Å². The van der Waals surface area contributed by atoms with Crippen molar-refractivity contribution >= 4 is 0 Å². The maximum atomic E-state index is 5.94. The lowest BCUT2D eigenvalue weighted by Gasteiger charge is -2.23. The van der Waals surface area contributed by atoms with Crippen LogP contribution in [0.25, 0.3) is 0 Å². The third-order valence-electron chi connectivity index (χ3n) is 3.08. The summed E-state index contributed by atoms with van der Waals surface area (Å²) in [6.45, 7) is 5.64. The van der Waals surface area contributed by atoms with E-state index in [9.17, 15) is 0 Å². The van der Waals surface area contributed by atoms with Gasteiger partial charge in [-0.1, -0.05) is 0 Å². The normalized spacial score (nSPS) is 43.2. The lowest BCUT2D eigenvalue weighted by Crippen LogP contribution is -2.32. The molecule has 3 heteroatoms. The first-order valence-electron chi connectivity index (χ1n) is 5.07. The molecular weight excluding hydrogens is 166 g/mol. The van der Waals surface area contributed by atoms with Gasteiger partial charge in [0.15, 0.2) is 0 Å². The summed E-state index contributed by atoms with van der Waals surface area (Å²) in [5.41, 5.74) is 5.57. The Bertz CT molecular complexity index is 205. The Morgan fingerprint density at radius 3 is 2.69 bits per heavy atom. The molecule has 0 unspecified atom stereocenters. The van der Waals surface area contributed by atoms with Crippen molar-refractivity contribution in [1.29, 1.82) is 0 Å². The first kappa shape index (κ1) is 9.44. The summed E-state index contributed by atoms with van der Waals surface area (Å²) in [5, 5.41) is 0. The molecule has 0 aliphatic carbocycles. The zero-order valence-electron chi connectivity index (χ0n) is 8.51. The van der Waals surface area contributed by atoms with Crippen LogP contribution in [-0.4, -0.2) is 30.5 Å². The average molecular weight is 185 g/mol. The molecule has 13 heavy (non-hydrogen) atoms. The minimum atomic E-state index is -0.0104. The molecule has 2 atom stereocenters. The molecular formula is C10H19NO2. The van der Waals surface area contributed by atoms with Crippen LogP contribution in [0.2, 0.25) is 0 Å². The molecule has 0 saturated carbocycles. The molecule has 3 nitrogen and oxygen atoms in total. The molecule has 2 rings (SSSR count). The summed E-state index contributed by atoms with van der Waals surface area (Å²) in [7, 11) is 0. The number of nitrogens with two attached hydrogens (primary N) is 1. The van der Waals surface area contributed by atoms with E-state index in [1.807, 2.05) is 0 Å². The smallest absolute Gasteiger partial charge is 0.0947 e. The highest BCUT2D eigenvalue weighted by atomic mass is 16.6. The van der Waals surface area contributed by atoms with Crippen LogP contribution in [0.1, 0.15) is 33.1 Å². The van der Waals surface area contributed by atoms with Gasteiger partial charge in [0, 0.05) is 13.0 Å². The third-order valence-corrected chi connectivity index (χ3v) is 3.08. The van der Waals surface area contributed by atoms with E-state index in [1.165, 1.54) is 0 Å². The summed E-state index contributed by atoms with van der Waals surface area (Å²) < 4.78 is 11.6. The van der Waals surface area contributed by atoms with Gasteiger partial charge < -0.3 is 15.2 Å². The summed E-state index contributed by atoms with van der Waals surface area (Å²) in [4.78, 5) is 0. The summed E-state index contributed by atoms with van der Waals surface area (Å²) in [6, 6.07) is 0. The van der Waals surface area contributed by atoms with Gasteiger partial charge in [0.2, 0.25) is 0 Å². The van der Waals surface area contributed by atoms with Gasteiger partial charge in [-0.25, -0.2) is 0 Å². The monoisotopic (exact) mass is 185 g/mol. The highest BCUT2D eigenvalue weighted by Gasteiger charge is 2.49. The van der Waals surface area contributed by atoms with Gasteiger partial charge in [0.1, 0.15) is 0 Å². The Morgan fingerprint density at radius 2 is 2.23 bits per heavy atom. The molecule has 0 aromatic heterocycles. The fourth-order valence-corrected chi connectivity index (χ4v) is 2.50. The van der Waals surface area contributed by atoms with E-state index in [4.69, 9.17) is 15.2 Å². The predicted octanol–water partition coefficient (Wildman–Crippen LogP) is 1.06. The van der Waals surface area contributed by atoms with E-state index in [2.05, 4.69) is 13.8 Å². The Kier molecular flexibility index (Phi) is 2.13. The van der Waals surface area contributed by atoms with Crippen molar-refractivity contribution in [2.45, 2.75) is 50.4 Å². The SMILES string of the molecule is CC1(C)C[C@]2(CC[C@@H](CN)O2)CO1. The van der Waals surface area contributed by atoms with E-state index in [-0.39, 0.29) is 17.3 Å². The largest absolute Gasteiger partial charge is 0.372 e. The van der Waals surface area contributed by atoms with Crippen molar-refractivity contribution < 1.29 is 9.47 Å². The van der Waals surface area contributed by atoms with Gasteiger partial charge in [-0.15, -0.1) is 0 Å². The first-order valence-corrected chi connectivity index (χ1v) is 5.07. The molecule has 2 saturated heterocycles. The molecule has 2 heterocycles. The van der Waals surface area contributed by atoms with Gasteiger partial charge in [-0.2, -0.15) is 0 Å². The predicted molar refractivity (Wildman–Crippen MR) is 50.5 cm³/mol. The molecule has 2 fully saturated rings. The van der Waals surface area contributed by atoms with Gasteiger partial charge in [0.25, 0.3) is 0 Å². The fraction of sp³-hybridized carbons (Fsp3) is 1.00. The molecule has 76 valence electrons. The maximum absolute atomic E-state index is 5.94. The van der Waals surface area contributed by atoms with Crippen molar-refractivity contribution in [3.63, 3.8) is 0 Å². The third kappa shape index (κ3) is 1.73. The number of rotatable bonds is 1. The minimum Gasteiger partial charge on any atom is -0.372 e. The number of ether oxygens (including phenoxy) is 2. The fourth-order valence-electron chi connectivity index (χ4n) is 2.50. The Hall–Kier alpha value is -0.120. The molecule has 0 aromatic carbocycles. The minimum absolute atomic E-state index is 0.00641.